The van der Waals surface area contributed by atoms with Crippen LogP contribution in [0.2, 0.25) is 0 Å². The Bertz CT molecular complexity index is 367. The lowest BCUT2D eigenvalue weighted by Gasteiger charge is -2.13. The molecule has 0 aliphatic heterocycles. The Balaban J connectivity index is 2.46. The minimum atomic E-state index is -0.133. The lowest BCUT2D eigenvalue weighted by molar-refractivity contribution is 0.0945. The van der Waals surface area contributed by atoms with Crippen LogP contribution >= 0.6 is 0 Å². The van der Waals surface area contributed by atoms with E-state index >= 15 is 0 Å². The number of nitrogens with one attached hydrogen (secondary N) is 2. The van der Waals surface area contributed by atoms with Crippen molar-refractivity contribution in [3.8, 4) is 0 Å². The second-order valence-corrected chi connectivity index (χ2v) is 3.83. The highest BCUT2D eigenvalue weighted by Gasteiger charge is 2.07. The van der Waals surface area contributed by atoms with Crippen molar-refractivity contribution in [2.75, 3.05) is 39.0 Å². The Morgan fingerprint density at radius 3 is 2.94 bits per heavy atom. The topological polar surface area (TPSA) is 57.3 Å². The van der Waals surface area contributed by atoms with E-state index in [9.17, 15) is 4.79 Å². The Labute approximate surface area is 102 Å². The molecule has 0 saturated heterocycles. The summed E-state index contributed by atoms with van der Waals surface area (Å²) in [6.07, 6.45) is 1.62. The smallest absolute Gasteiger partial charge is 0.269 e. The number of carbonyl (C=O) groups is 1. The van der Waals surface area contributed by atoms with E-state index in [2.05, 4.69) is 27.4 Å². The van der Waals surface area contributed by atoms with Crippen LogP contribution in [0.15, 0.2) is 18.3 Å². The van der Waals surface area contributed by atoms with Gasteiger partial charge in [0, 0.05) is 32.0 Å². The summed E-state index contributed by atoms with van der Waals surface area (Å²) in [5.41, 5.74) is 1.33. The fraction of sp³-hybridized carbons (Fsp3) is 0.500. The molecule has 1 aromatic heterocycles. The van der Waals surface area contributed by atoms with Crippen molar-refractivity contribution < 1.29 is 4.79 Å². The zero-order valence-corrected chi connectivity index (χ0v) is 10.7. The Kier molecular flexibility index (Phi) is 5.42. The molecule has 5 nitrogen and oxygen atoms in total. The average Bonchev–Trinajstić information content (AvgIpc) is 2.38. The van der Waals surface area contributed by atoms with Gasteiger partial charge in [-0.05, 0) is 25.7 Å². The first-order valence-corrected chi connectivity index (χ1v) is 5.78. The van der Waals surface area contributed by atoms with Crippen LogP contribution in [0.5, 0.6) is 0 Å². The SMILES string of the molecule is CCN(C)CCNC(=O)c1cc(NC)ccn1. The molecule has 0 aliphatic carbocycles. The average molecular weight is 236 g/mol. The summed E-state index contributed by atoms with van der Waals surface area (Å²) in [6.45, 7) is 4.53. The minimum Gasteiger partial charge on any atom is -0.388 e. The highest BCUT2D eigenvalue weighted by molar-refractivity contribution is 5.93. The van der Waals surface area contributed by atoms with Crippen LogP contribution in [0.4, 0.5) is 5.69 Å². The van der Waals surface area contributed by atoms with Crippen molar-refractivity contribution in [3.05, 3.63) is 24.0 Å². The molecule has 1 aromatic rings. The van der Waals surface area contributed by atoms with E-state index in [1.54, 1.807) is 12.3 Å². The number of pyridine rings is 1. The number of amides is 1. The van der Waals surface area contributed by atoms with Crippen molar-refractivity contribution in [3.63, 3.8) is 0 Å². The van der Waals surface area contributed by atoms with Crippen molar-refractivity contribution in [1.82, 2.24) is 15.2 Å². The van der Waals surface area contributed by atoms with Crippen LogP contribution in [0.1, 0.15) is 17.4 Å². The standard InChI is InChI=1S/C12H20N4O/c1-4-16(3)8-7-15-12(17)11-9-10(13-2)5-6-14-11/h5-6,9H,4,7-8H2,1-3H3,(H,13,14)(H,15,17). The van der Waals surface area contributed by atoms with Crippen LogP contribution in [-0.2, 0) is 0 Å². The van der Waals surface area contributed by atoms with Gasteiger partial charge in [-0.3, -0.25) is 9.78 Å². The summed E-state index contributed by atoms with van der Waals surface area (Å²) < 4.78 is 0. The number of nitrogens with zero attached hydrogens (tertiary/aromatic N) is 2. The van der Waals surface area contributed by atoms with Gasteiger partial charge in [0.1, 0.15) is 5.69 Å². The molecule has 0 unspecified atom stereocenters. The van der Waals surface area contributed by atoms with E-state index in [1.165, 1.54) is 0 Å². The normalized spacial score (nSPS) is 10.4. The lowest BCUT2D eigenvalue weighted by atomic mass is 10.3. The van der Waals surface area contributed by atoms with Crippen molar-refractivity contribution in [1.29, 1.82) is 0 Å². The summed E-state index contributed by atoms with van der Waals surface area (Å²) in [5, 5.41) is 5.82. The third-order valence-electron chi connectivity index (χ3n) is 2.60. The molecule has 0 radical (unpaired) electrons. The highest BCUT2D eigenvalue weighted by atomic mass is 16.1. The van der Waals surface area contributed by atoms with Gasteiger partial charge in [0.15, 0.2) is 0 Å². The fourth-order valence-electron chi connectivity index (χ4n) is 1.32. The number of rotatable bonds is 6. The van der Waals surface area contributed by atoms with E-state index < -0.39 is 0 Å². The van der Waals surface area contributed by atoms with Gasteiger partial charge in [-0.15, -0.1) is 0 Å². The van der Waals surface area contributed by atoms with E-state index in [4.69, 9.17) is 0 Å². The molecule has 0 atom stereocenters. The first kappa shape index (κ1) is 13.4. The second kappa shape index (κ2) is 6.85. The number of anilines is 1. The Hall–Kier alpha value is -1.62. The van der Waals surface area contributed by atoms with E-state index in [-0.39, 0.29) is 5.91 Å². The molecule has 0 fully saturated rings. The van der Waals surface area contributed by atoms with Crippen molar-refractivity contribution >= 4 is 11.6 Å². The van der Waals surface area contributed by atoms with Crippen LogP contribution in [-0.4, -0.2) is 49.5 Å². The molecule has 5 heteroatoms. The van der Waals surface area contributed by atoms with Gasteiger partial charge in [0.25, 0.3) is 5.91 Å². The van der Waals surface area contributed by atoms with Gasteiger partial charge in [-0.2, -0.15) is 0 Å². The molecule has 17 heavy (non-hydrogen) atoms. The summed E-state index contributed by atoms with van der Waals surface area (Å²) in [6, 6.07) is 3.56. The van der Waals surface area contributed by atoms with Crippen LogP contribution in [0.3, 0.4) is 0 Å². The molecule has 0 aliphatic rings. The molecular weight excluding hydrogens is 216 g/mol. The summed E-state index contributed by atoms with van der Waals surface area (Å²) in [5.74, 6) is -0.133. The number of hydrogen-bond donors (Lipinski definition) is 2. The van der Waals surface area contributed by atoms with Crippen molar-refractivity contribution in [2.24, 2.45) is 0 Å². The summed E-state index contributed by atoms with van der Waals surface area (Å²) in [7, 11) is 3.83. The van der Waals surface area contributed by atoms with E-state index in [0.29, 0.717) is 12.2 Å². The van der Waals surface area contributed by atoms with Gasteiger partial charge in [-0.1, -0.05) is 6.92 Å². The van der Waals surface area contributed by atoms with Crippen LogP contribution in [0, 0.1) is 0 Å². The third kappa shape index (κ3) is 4.40. The quantitative estimate of drug-likeness (QED) is 0.767. The molecule has 1 amide bonds. The Morgan fingerprint density at radius 2 is 2.29 bits per heavy atom. The number of carbonyl (C=O) groups excluding carboxylic acids is 1. The minimum absolute atomic E-state index is 0.133. The highest BCUT2D eigenvalue weighted by Crippen LogP contribution is 2.06. The predicted molar refractivity (Wildman–Crippen MR) is 69.3 cm³/mol. The lowest BCUT2D eigenvalue weighted by Crippen LogP contribution is -2.33. The number of likely N-dealkylation sites (N-methyl/N-ethyl adjacent to an activating group) is 1. The first-order chi connectivity index (χ1) is 8.17. The largest absolute Gasteiger partial charge is 0.388 e. The van der Waals surface area contributed by atoms with Crippen LogP contribution < -0.4 is 10.6 Å². The van der Waals surface area contributed by atoms with Crippen LogP contribution in [0.25, 0.3) is 0 Å². The maximum Gasteiger partial charge on any atom is 0.269 e. The molecule has 0 saturated carbocycles. The predicted octanol–water partition coefficient (Wildman–Crippen LogP) is 0.805. The second-order valence-electron chi connectivity index (χ2n) is 3.83. The molecule has 0 aromatic carbocycles. The van der Waals surface area contributed by atoms with Gasteiger partial charge in [0.05, 0.1) is 0 Å². The number of hydrogen-bond acceptors (Lipinski definition) is 4. The maximum absolute atomic E-state index is 11.8. The first-order valence-electron chi connectivity index (χ1n) is 5.78. The van der Waals surface area contributed by atoms with Gasteiger partial charge in [0.2, 0.25) is 0 Å². The van der Waals surface area contributed by atoms with Gasteiger partial charge >= 0.3 is 0 Å². The molecule has 1 rings (SSSR count). The zero-order chi connectivity index (χ0) is 12.7. The molecular formula is C12H20N4O. The summed E-state index contributed by atoms with van der Waals surface area (Å²) >= 11 is 0. The monoisotopic (exact) mass is 236 g/mol. The van der Waals surface area contributed by atoms with E-state index in [0.717, 1.165) is 18.8 Å². The summed E-state index contributed by atoms with van der Waals surface area (Å²) in [4.78, 5) is 17.9. The fourth-order valence-corrected chi connectivity index (χ4v) is 1.32. The number of aromatic nitrogens is 1. The van der Waals surface area contributed by atoms with E-state index in [1.807, 2.05) is 20.2 Å². The molecule has 94 valence electrons. The Morgan fingerprint density at radius 1 is 1.53 bits per heavy atom. The van der Waals surface area contributed by atoms with Crippen molar-refractivity contribution in [2.45, 2.75) is 6.92 Å². The van der Waals surface area contributed by atoms with Gasteiger partial charge < -0.3 is 15.5 Å². The van der Waals surface area contributed by atoms with Gasteiger partial charge in [-0.25, -0.2) is 0 Å². The zero-order valence-electron chi connectivity index (χ0n) is 10.7. The maximum atomic E-state index is 11.8. The molecule has 1 heterocycles. The molecule has 0 bridgehead atoms. The third-order valence-corrected chi connectivity index (χ3v) is 2.60. The molecule has 2 N–H and O–H groups in total. The molecule has 0 spiro atoms.